The normalized spacial score (nSPS) is 17.9. The quantitative estimate of drug-likeness (QED) is 0.403. The van der Waals surface area contributed by atoms with Crippen LogP contribution in [0.3, 0.4) is 0 Å². The molecule has 0 spiro atoms. The first-order chi connectivity index (χ1) is 18.5. The highest BCUT2D eigenvalue weighted by Crippen LogP contribution is 2.28. The number of para-hydroxylation sites is 2. The predicted octanol–water partition coefficient (Wildman–Crippen LogP) is 4.74. The number of rotatable bonds is 5. The van der Waals surface area contributed by atoms with Gasteiger partial charge in [-0.3, -0.25) is 4.79 Å². The van der Waals surface area contributed by atoms with E-state index in [1.54, 1.807) is 18.2 Å². The number of carbonyl (C=O) groups is 1. The van der Waals surface area contributed by atoms with E-state index in [2.05, 4.69) is 25.3 Å². The van der Waals surface area contributed by atoms with Crippen molar-refractivity contribution in [3.05, 3.63) is 95.6 Å². The minimum absolute atomic E-state index is 0.0432. The number of aromatic nitrogens is 2. The summed E-state index contributed by atoms with van der Waals surface area (Å²) in [4.78, 5) is 20.1. The zero-order valence-corrected chi connectivity index (χ0v) is 20.8. The fourth-order valence-corrected chi connectivity index (χ4v) is 5.30. The number of imidazole rings is 1. The lowest BCUT2D eigenvalue weighted by Gasteiger charge is -2.32. The Kier molecular flexibility index (Phi) is 6.49. The molecule has 1 atom stereocenters. The fourth-order valence-electron chi connectivity index (χ4n) is 5.30. The van der Waals surface area contributed by atoms with Crippen LogP contribution >= 0.6 is 0 Å². The van der Waals surface area contributed by atoms with Crippen LogP contribution in [0.1, 0.15) is 36.4 Å². The number of benzene rings is 3. The zero-order valence-electron chi connectivity index (χ0n) is 20.8. The molecule has 0 aliphatic carbocycles. The summed E-state index contributed by atoms with van der Waals surface area (Å²) >= 11 is 0. The molecule has 1 amide bonds. The lowest BCUT2D eigenvalue weighted by atomic mass is 9.96. The van der Waals surface area contributed by atoms with Gasteiger partial charge >= 0.3 is 0 Å². The first-order valence-corrected chi connectivity index (χ1v) is 12.9. The van der Waals surface area contributed by atoms with Crippen molar-refractivity contribution < 1.29 is 13.6 Å². The van der Waals surface area contributed by atoms with Gasteiger partial charge in [0, 0.05) is 25.4 Å². The summed E-state index contributed by atoms with van der Waals surface area (Å²) in [5.74, 6) is 0.671. The van der Waals surface area contributed by atoms with Crippen molar-refractivity contribution >= 4 is 28.7 Å². The lowest BCUT2D eigenvalue weighted by Crippen LogP contribution is -2.43. The summed E-state index contributed by atoms with van der Waals surface area (Å²) in [6.45, 7) is 1.87. The van der Waals surface area contributed by atoms with Crippen molar-refractivity contribution in [2.75, 3.05) is 18.0 Å². The van der Waals surface area contributed by atoms with Crippen LogP contribution in [-0.2, 0) is 11.3 Å². The number of nitrogens with one attached hydrogen (secondary N) is 2. The second-order valence-electron chi connectivity index (χ2n) is 9.87. The van der Waals surface area contributed by atoms with Gasteiger partial charge in [0.25, 0.3) is 0 Å². The second-order valence-corrected chi connectivity index (χ2v) is 9.87. The summed E-state index contributed by atoms with van der Waals surface area (Å²) in [5.41, 5.74) is 6.54. The molecule has 0 saturated carbocycles. The van der Waals surface area contributed by atoms with Crippen molar-refractivity contribution in [2.45, 2.75) is 31.8 Å². The molecule has 6 rings (SSSR count). The molecule has 1 saturated heterocycles. The summed E-state index contributed by atoms with van der Waals surface area (Å²) in [6.07, 6.45) is 1.87. The molecule has 4 aromatic rings. The Bertz CT molecular complexity index is 1510. The largest absolute Gasteiger partial charge is 0.342 e. The highest BCUT2D eigenvalue weighted by molar-refractivity contribution is 6.00. The van der Waals surface area contributed by atoms with Gasteiger partial charge in [0.05, 0.1) is 23.6 Å². The molecule has 0 radical (unpaired) electrons. The Morgan fingerprint density at radius 1 is 0.974 bits per heavy atom. The van der Waals surface area contributed by atoms with Crippen LogP contribution in [0.4, 0.5) is 14.7 Å². The molecule has 9 heteroatoms. The first-order valence-electron chi connectivity index (χ1n) is 12.9. The minimum atomic E-state index is -0.294. The van der Waals surface area contributed by atoms with Crippen molar-refractivity contribution in [1.29, 1.82) is 0 Å². The van der Waals surface area contributed by atoms with Crippen molar-refractivity contribution in [1.82, 2.24) is 20.3 Å². The third kappa shape index (κ3) is 4.96. The van der Waals surface area contributed by atoms with E-state index in [1.807, 2.05) is 36.4 Å². The smallest absolute Gasteiger partial charge is 0.228 e. The van der Waals surface area contributed by atoms with Crippen LogP contribution in [-0.4, -0.2) is 34.4 Å². The maximum Gasteiger partial charge on any atom is 0.228 e. The van der Waals surface area contributed by atoms with Crippen molar-refractivity contribution in [3.63, 3.8) is 0 Å². The van der Waals surface area contributed by atoms with Crippen LogP contribution in [0.5, 0.6) is 0 Å². The zero-order chi connectivity index (χ0) is 26.1. The van der Waals surface area contributed by atoms with E-state index in [0.717, 1.165) is 28.1 Å². The Morgan fingerprint density at radius 2 is 1.74 bits per heavy atom. The van der Waals surface area contributed by atoms with E-state index in [0.29, 0.717) is 44.7 Å². The first kappa shape index (κ1) is 24.1. The van der Waals surface area contributed by atoms with E-state index in [4.69, 9.17) is 4.98 Å². The highest BCUT2D eigenvalue weighted by Gasteiger charge is 2.30. The molecule has 38 heavy (non-hydrogen) atoms. The number of hydrogen-bond acceptors (Lipinski definition) is 5. The van der Waals surface area contributed by atoms with Gasteiger partial charge in [-0.25, -0.2) is 13.8 Å². The average Bonchev–Trinajstić information content (AvgIpc) is 3.54. The molecular weight excluding hydrogens is 486 g/mol. The number of fused-ring (bicyclic) bond motifs is 1. The van der Waals surface area contributed by atoms with E-state index >= 15 is 0 Å². The topological polar surface area (TPSA) is 74.6 Å². The number of piperidine rings is 1. The van der Waals surface area contributed by atoms with Gasteiger partial charge in [0.2, 0.25) is 11.9 Å². The monoisotopic (exact) mass is 514 g/mol. The minimum Gasteiger partial charge on any atom is -0.342 e. The standard InChI is InChI=1S/C29H28F2N6O/c30-22-7-3-5-19(15-22)18-37-26-10-2-1-9-24(26)32-29(37)36-13-11-20(12-14-36)28(38)33-27-17-25(34-35-27)21-6-4-8-23(31)16-21/h1-10,15-16,20,25,34H,11-14,17-18H2,(H,33,35,38)/t25-/m1/s1. The van der Waals surface area contributed by atoms with Gasteiger partial charge in [0.15, 0.2) is 0 Å². The lowest BCUT2D eigenvalue weighted by molar-refractivity contribution is -0.124. The molecular formula is C29H28F2N6O. The molecule has 0 bridgehead atoms. The SMILES string of the molecule is O=C(NC1=NN[C@@H](c2cccc(F)c2)C1)C1CCN(c2nc3ccccc3n2Cc2cccc(F)c2)CC1. The second kappa shape index (κ2) is 10.2. The van der Waals surface area contributed by atoms with Gasteiger partial charge in [-0.15, -0.1) is 0 Å². The molecule has 1 aromatic heterocycles. The number of halogens is 2. The van der Waals surface area contributed by atoms with Gasteiger partial charge in [-0.2, -0.15) is 5.10 Å². The number of hydrogen-bond donors (Lipinski definition) is 2. The molecule has 2 aliphatic rings. The number of amides is 1. The molecule has 2 aliphatic heterocycles. The van der Waals surface area contributed by atoms with E-state index < -0.39 is 0 Å². The Morgan fingerprint density at radius 3 is 2.53 bits per heavy atom. The summed E-state index contributed by atoms with van der Waals surface area (Å²) in [5, 5.41) is 7.23. The van der Waals surface area contributed by atoms with E-state index in [-0.39, 0.29) is 29.5 Å². The number of carbonyl (C=O) groups excluding carboxylic acids is 1. The third-order valence-electron chi connectivity index (χ3n) is 7.28. The average molecular weight is 515 g/mol. The van der Waals surface area contributed by atoms with Crippen LogP contribution < -0.4 is 15.6 Å². The van der Waals surface area contributed by atoms with Crippen LogP contribution in [0, 0.1) is 17.6 Å². The summed E-state index contributed by atoms with van der Waals surface area (Å²) < 4.78 is 29.5. The maximum atomic E-state index is 13.9. The van der Waals surface area contributed by atoms with Gasteiger partial charge < -0.3 is 20.2 Å². The highest BCUT2D eigenvalue weighted by atomic mass is 19.1. The molecule has 1 fully saturated rings. The van der Waals surface area contributed by atoms with E-state index in [9.17, 15) is 13.6 Å². The van der Waals surface area contributed by atoms with Gasteiger partial charge in [-0.05, 0) is 60.4 Å². The predicted molar refractivity (Wildman–Crippen MR) is 143 cm³/mol. The molecule has 3 heterocycles. The van der Waals surface area contributed by atoms with Crippen molar-refractivity contribution in [3.8, 4) is 0 Å². The van der Waals surface area contributed by atoms with Crippen LogP contribution in [0.25, 0.3) is 11.0 Å². The van der Waals surface area contributed by atoms with Gasteiger partial charge in [-0.1, -0.05) is 36.4 Å². The van der Waals surface area contributed by atoms with Crippen LogP contribution in [0.15, 0.2) is 77.9 Å². The van der Waals surface area contributed by atoms with Crippen LogP contribution in [0.2, 0.25) is 0 Å². The molecule has 7 nitrogen and oxygen atoms in total. The number of amidine groups is 1. The number of anilines is 1. The Labute approximate surface area is 219 Å². The number of nitrogens with zero attached hydrogens (tertiary/aromatic N) is 4. The molecule has 3 aromatic carbocycles. The molecule has 0 unspecified atom stereocenters. The number of hydrazone groups is 1. The van der Waals surface area contributed by atoms with E-state index in [1.165, 1.54) is 18.2 Å². The Hall–Kier alpha value is -4.27. The summed E-state index contributed by atoms with van der Waals surface area (Å²) in [7, 11) is 0. The van der Waals surface area contributed by atoms with Crippen molar-refractivity contribution in [2.24, 2.45) is 11.0 Å². The molecule has 194 valence electrons. The maximum absolute atomic E-state index is 13.9. The van der Waals surface area contributed by atoms with Gasteiger partial charge in [0.1, 0.15) is 17.5 Å². The summed E-state index contributed by atoms with van der Waals surface area (Å²) in [6, 6.07) is 20.8. The Balaban J connectivity index is 1.11. The fraction of sp³-hybridized carbons (Fsp3) is 0.276. The molecule has 2 N–H and O–H groups in total. The third-order valence-corrected chi connectivity index (χ3v) is 7.28.